The summed E-state index contributed by atoms with van der Waals surface area (Å²) in [5.74, 6) is -5.39. The highest BCUT2D eigenvalue weighted by molar-refractivity contribution is 6.03. The first-order valence-electron chi connectivity index (χ1n) is 15.6. The van der Waals surface area contributed by atoms with Crippen molar-refractivity contribution in [3.8, 4) is 5.75 Å². The molecule has 0 radical (unpaired) electrons. The SMILES string of the molecule is O=C(O)C(CCCc1ccc([C@@H]2[C@@H](CC[C@H](O)c3ccc(F)cc3)C(=O)N2c2ccc(CCCn3ccnn3)cc2)c(O)c1)C(=O)O. The van der Waals surface area contributed by atoms with E-state index in [9.17, 15) is 29.0 Å². The molecule has 2 heterocycles. The lowest BCUT2D eigenvalue weighted by Gasteiger charge is -2.48. The monoisotopic (exact) mass is 644 g/mol. The van der Waals surface area contributed by atoms with Gasteiger partial charge in [0.25, 0.3) is 0 Å². The minimum absolute atomic E-state index is 0.0353. The second-order valence-electron chi connectivity index (χ2n) is 11.9. The third-order valence-electron chi connectivity index (χ3n) is 8.73. The number of rotatable bonds is 16. The normalized spacial score (nSPS) is 16.7. The van der Waals surface area contributed by atoms with Gasteiger partial charge in [-0.25, -0.2) is 4.39 Å². The number of hydrogen-bond acceptors (Lipinski definition) is 7. The molecule has 4 aromatic rings. The van der Waals surface area contributed by atoms with Gasteiger partial charge in [0, 0.05) is 24.0 Å². The zero-order chi connectivity index (χ0) is 33.5. The number of aryl methyl sites for hydroxylation is 3. The summed E-state index contributed by atoms with van der Waals surface area (Å²) < 4.78 is 15.2. The molecule has 0 aliphatic carbocycles. The predicted molar refractivity (Wildman–Crippen MR) is 169 cm³/mol. The number of carboxylic acids is 2. The zero-order valence-electron chi connectivity index (χ0n) is 25.7. The van der Waals surface area contributed by atoms with Gasteiger partial charge in [-0.05, 0) is 92.0 Å². The maximum absolute atomic E-state index is 13.6. The minimum atomic E-state index is -1.50. The summed E-state index contributed by atoms with van der Waals surface area (Å²) >= 11 is 0. The number of aromatic hydroxyl groups is 1. The Hall–Kier alpha value is -5.10. The van der Waals surface area contributed by atoms with Crippen LogP contribution in [0.4, 0.5) is 10.1 Å². The summed E-state index contributed by atoms with van der Waals surface area (Å²) in [5, 5.41) is 48.0. The second-order valence-corrected chi connectivity index (χ2v) is 11.9. The van der Waals surface area contributed by atoms with Crippen LogP contribution in [0.5, 0.6) is 5.75 Å². The highest BCUT2D eigenvalue weighted by atomic mass is 19.1. The lowest BCUT2D eigenvalue weighted by atomic mass is 9.77. The Balaban J connectivity index is 1.31. The van der Waals surface area contributed by atoms with E-state index in [2.05, 4.69) is 10.3 Å². The van der Waals surface area contributed by atoms with E-state index in [0.717, 1.165) is 24.9 Å². The number of aromatic nitrogens is 3. The molecule has 3 atom stereocenters. The molecule has 12 heteroatoms. The van der Waals surface area contributed by atoms with Crippen molar-refractivity contribution >= 4 is 23.5 Å². The van der Waals surface area contributed by atoms with Crippen molar-refractivity contribution < 1.29 is 39.2 Å². The van der Waals surface area contributed by atoms with Gasteiger partial charge < -0.3 is 25.3 Å². The highest BCUT2D eigenvalue weighted by Crippen LogP contribution is 2.48. The van der Waals surface area contributed by atoms with E-state index in [0.29, 0.717) is 41.6 Å². The van der Waals surface area contributed by atoms with Crippen LogP contribution in [0.3, 0.4) is 0 Å². The van der Waals surface area contributed by atoms with Gasteiger partial charge in [-0.2, -0.15) is 0 Å². The van der Waals surface area contributed by atoms with E-state index in [1.807, 2.05) is 30.5 Å². The number of nitrogens with zero attached hydrogens (tertiary/aromatic N) is 4. The van der Waals surface area contributed by atoms with Gasteiger partial charge in [0.1, 0.15) is 11.6 Å². The standard InChI is InChI=1S/C35H37FN4O7/c36-25-11-9-24(10-12-25)30(41)17-16-28-32(27-15-8-23(21-31(27)42)3-1-5-29(34(44)45)35(46)47)40(33(28)43)26-13-6-22(7-14-26)4-2-19-39-20-18-37-38-39/h6-15,18,20-21,28-30,32,41-42H,1-5,16-17,19H2,(H,44,45)(H,46,47)/t28-,30+,32-/m1/s1. The number of β-lactam (4-membered cyclic amide) rings is 1. The van der Waals surface area contributed by atoms with Crippen molar-refractivity contribution in [1.29, 1.82) is 0 Å². The van der Waals surface area contributed by atoms with Gasteiger partial charge in [0.05, 0.1) is 24.3 Å². The molecule has 1 amide bonds. The number of amides is 1. The number of phenolic OH excluding ortho intramolecular Hbond substituents is 1. The molecule has 0 unspecified atom stereocenters. The second kappa shape index (κ2) is 15.0. The number of anilines is 1. The van der Waals surface area contributed by atoms with E-state index >= 15 is 0 Å². The highest BCUT2D eigenvalue weighted by Gasteiger charge is 2.49. The van der Waals surface area contributed by atoms with Crippen LogP contribution in [-0.2, 0) is 33.8 Å². The molecule has 1 saturated heterocycles. The van der Waals surface area contributed by atoms with Crippen molar-refractivity contribution in [3.05, 3.63) is 107 Å². The molecule has 0 bridgehead atoms. The van der Waals surface area contributed by atoms with Crippen LogP contribution >= 0.6 is 0 Å². The molecule has 1 aliphatic rings. The smallest absolute Gasteiger partial charge is 0.317 e. The minimum Gasteiger partial charge on any atom is -0.508 e. The lowest BCUT2D eigenvalue weighted by molar-refractivity contribution is -0.154. The maximum atomic E-state index is 13.6. The maximum Gasteiger partial charge on any atom is 0.317 e. The Labute approximate surface area is 270 Å². The van der Waals surface area contributed by atoms with Crippen LogP contribution in [0.2, 0.25) is 0 Å². The average Bonchev–Trinajstić information content (AvgIpc) is 3.56. The third-order valence-corrected chi connectivity index (χ3v) is 8.73. The molecule has 0 saturated carbocycles. The van der Waals surface area contributed by atoms with Crippen LogP contribution < -0.4 is 4.90 Å². The summed E-state index contributed by atoms with van der Waals surface area (Å²) in [6, 6.07) is 17.9. The summed E-state index contributed by atoms with van der Waals surface area (Å²) in [6.45, 7) is 0.731. The quantitative estimate of drug-likeness (QED) is 0.0961. The predicted octanol–water partition coefficient (Wildman–Crippen LogP) is 5.08. The summed E-state index contributed by atoms with van der Waals surface area (Å²) in [6.07, 6.45) is 5.41. The molecule has 11 nitrogen and oxygen atoms in total. The Morgan fingerprint density at radius 1 is 0.894 bits per heavy atom. The van der Waals surface area contributed by atoms with Gasteiger partial charge in [-0.15, -0.1) is 5.10 Å². The van der Waals surface area contributed by atoms with Crippen LogP contribution in [0.1, 0.15) is 66.5 Å². The molecular weight excluding hydrogens is 607 g/mol. The fourth-order valence-corrected chi connectivity index (χ4v) is 6.14. The topological polar surface area (TPSA) is 166 Å². The fraction of sp³-hybridized carbons (Fsp3) is 0.343. The first kappa shape index (κ1) is 33.3. The van der Waals surface area contributed by atoms with Crippen LogP contribution in [0, 0.1) is 17.7 Å². The number of aliphatic hydroxyl groups is 1. The Bertz CT molecular complexity index is 1670. The van der Waals surface area contributed by atoms with Gasteiger partial charge in [-0.1, -0.05) is 41.6 Å². The van der Waals surface area contributed by atoms with Crippen LogP contribution in [-0.4, -0.2) is 53.3 Å². The number of halogens is 1. The van der Waals surface area contributed by atoms with E-state index in [1.54, 1.807) is 34.0 Å². The molecule has 4 N–H and O–H groups in total. The van der Waals surface area contributed by atoms with Gasteiger partial charge >= 0.3 is 11.9 Å². The number of aliphatic carboxylic acids is 2. The molecule has 246 valence electrons. The van der Waals surface area contributed by atoms with E-state index in [-0.39, 0.29) is 24.5 Å². The van der Waals surface area contributed by atoms with Gasteiger partial charge in [0.2, 0.25) is 5.91 Å². The number of benzene rings is 3. The van der Waals surface area contributed by atoms with Crippen LogP contribution in [0.15, 0.2) is 79.1 Å². The largest absolute Gasteiger partial charge is 0.508 e. The van der Waals surface area contributed by atoms with Crippen molar-refractivity contribution in [2.24, 2.45) is 11.8 Å². The first-order valence-corrected chi connectivity index (χ1v) is 15.6. The third kappa shape index (κ3) is 8.01. The molecule has 47 heavy (non-hydrogen) atoms. The molecule has 1 aromatic heterocycles. The molecule has 1 aliphatic heterocycles. The van der Waals surface area contributed by atoms with Crippen molar-refractivity contribution in [2.45, 2.75) is 63.6 Å². The van der Waals surface area contributed by atoms with E-state index < -0.39 is 41.7 Å². The van der Waals surface area contributed by atoms with Crippen molar-refractivity contribution in [1.82, 2.24) is 15.0 Å². The number of carboxylic acid groups (broad SMARTS) is 2. The summed E-state index contributed by atoms with van der Waals surface area (Å²) in [5.41, 5.74) is 3.55. The summed E-state index contributed by atoms with van der Waals surface area (Å²) in [4.78, 5) is 37.7. The number of aliphatic hydroxyl groups excluding tert-OH is 1. The Kier molecular flexibility index (Phi) is 10.6. The number of carbonyl (C=O) groups excluding carboxylic acids is 1. The molecular formula is C35H37FN4O7. The number of hydrogen-bond donors (Lipinski definition) is 4. The fourth-order valence-electron chi connectivity index (χ4n) is 6.14. The molecule has 5 rings (SSSR count). The first-order chi connectivity index (χ1) is 22.6. The van der Waals surface area contributed by atoms with E-state index in [4.69, 9.17) is 10.2 Å². The number of carbonyl (C=O) groups is 3. The number of phenols is 1. The van der Waals surface area contributed by atoms with Crippen LogP contribution in [0.25, 0.3) is 0 Å². The Morgan fingerprint density at radius 3 is 2.21 bits per heavy atom. The van der Waals surface area contributed by atoms with Gasteiger partial charge in [-0.3, -0.25) is 19.1 Å². The summed E-state index contributed by atoms with van der Waals surface area (Å²) in [7, 11) is 0. The zero-order valence-corrected chi connectivity index (χ0v) is 25.7. The van der Waals surface area contributed by atoms with Gasteiger partial charge in [0.15, 0.2) is 5.92 Å². The average molecular weight is 645 g/mol. The lowest BCUT2D eigenvalue weighted by Crippen LogP contribution is -2.55. The van der Waals surface area contributed by atoms with Crippen molar-refractivity contribution in [3.63, 3.8) is 0 Å². The molecule has 0 spiro atoms. The van der Waals surface area contributed by atoms with Crippen molar-refractivity contribution in [2.75, 3.05) is 4.90 Å². The molecule has 3 aromatic carbocycles. The Morgan fingerprint density at radius 2 is 1.57 bits per heavy atom. The molecule has 1 fully saturated rings. The van der Waals surface area contributed by atoms with E-state index in [1.165, 1.54) is 24.3 Å².